The second-order valence-corrected chi connectivity index (χ2v) is 9.41. The second-order valence-electron chi connectivity index (χ2n) is 8.59. The summed E-state index contributed by atoms with van der Waals surface area (Å²) >= 11 is 1.56. The fraction of sp³-hybridized carbons (Fsp3) is 0.308. The first-order valence-corrected chi connectivity index (χ1v) is 12.6. The molecule has 0 amide bonds. The number of carboxylic acids is 1. The Hall–Kier alpha value is -3.75. The van der Waals surface area contributed by atoms with Crippen LogP contribution in [0, 0.1) is 23.0 Å². The maximum absolute atomic E-state index is 15.4. The van der Waals surface area contributed by atoms with Crippen molar-refractivity contribution in [2.75, 3.05) is 12.5 Å². The third-order valence-electron chi connectivity index (χ3n) is 6.32. The van der Waals surface area contributed by atoms with E-state index in [2.05, 4.69) is 21.1 Å². The summed E-state index contributed by atoms with van der Waals surface area (Å²) in [7, 11) is 0. The normalized spacial score (nSPS) is 15.6. The molecule has 2 atom stereocenters. The molecule has 2 heterocycles. The highest BCUT2D eigenvalue weighted by Crippen LogP contribution is 2.42. The molecule has 1 aromatic heterocycles. The van der Waals surface area contributed by atoms with E-state index >= 15 is 4.39 Å². The summed E-state index contributed by atoms with van der Waals surface area (Å²) in [5.74, 6) is -1.92. The van der Waals surface area contributed by atoms with Gasteiger partial charge in [0.1, 0.15) is 29.9 Å². The van der Waals surface area contributed by atoms with Crippen molar-refractivity contribution in [3.63, 3.8) is 0 Å². The van der Waals surface area contributed by atoms with Gasteiger partial charge in [-0.15, -0.1) is 11.8 Å². The minimum absolute atomic E-state index is 0.0268. The maximum atomic E-state index is 15.4. The van der Waals surface area contributed by atoms with Gasteiger partial charge in [-0.25, -0.2) is 18.4 Å². The Morgan fingerprint density at radius 3 is 2.73 bits per heavy atom. The number of ether oxygens (including phenoxy) is 1. The van der Waals surface area contributed by atoms with Crippen LogP contribution in [0.1, 0.15) is 36.5 Å². The summed E-state index contributed by atoms with van der Waals surface area (Å²) < 4.78 is 37.3. The Kier molecular flexibility index (Phi) is 8.21. The summed E-state index contributed by atoms with van der Waals surface area (Å²) in [4.78, 5) is 17.2. The Bertz CT molecular complexity index is 1310. The SMILES string of the molecule is C[C@H](N1CSC=C1c1ccc(C#N)cc1)[C@@](Cn1cncn1)(OCCCC(=O)O)c1ccc(F)cc1F. The van der Waals surface area contributed by atoms with Gasteiger partial charge in [-0.2, -0.15) is 10.4 Å². The van der Waals surface area contributed by atoms with E-state index in [1.807, 2.05) is 24.5 Å². The molecule has 4 rings (SSSR count). The molecule has 0 spiro atoms. The lowest BCUT2D eigenvalue weighted by Crippen LogP contribution is -2.52. The number of aliphatic carboxylic acids is 1. The highest BCUT2D eigenvalue weighted by Gasteiger charge is 2.46. The van der Waals surface area contributed by atoms with Crippen LogP contribution >= 0.6 is 11.8 Å². The van der Waals surface area contributed by atoms with Crippen LogP contribution < -0.4 is 0 Å². The lowest BCUT2D eigenvalue weighted by atomic mass is 9.84. The van der Waals surface area contributed by atoms with E-state index in [4.69, 9.17) is 15.1 Å². The summed E-state index contributed by atoms with van der Waals surface area (Å²) in [6, 6.07) is 12.1. The number of benzene rings is 2. The van der Waals surface area contributed by atoms with Crippen LogP contribution in [-0.2, 0) is 21.7 Å². The lowest BCUT2D eigenvalue weighted by molar-refractivity contribution is -0.139. The number of carbonyl (C=O) groups is 1. The van der Waals surface area contributed by atoms with Gasteiger partial charge in [0.05, 0.1) is 35.8 Å². The molecule has 0 fully saturated rings. The van der Waals surface area contributed by atoms with Gasteiger partial charge in [-0.1, -0.05) is 18.2 Å². The fourth-order valence-corrected chi connectivity index (χ4v) is 5.43. The molecule has 2 aromatic carbocycles. The third-order valence-corrected chi connectivity index (χ3v) is 7.13. The largest absolute Gasteiger partial charge is 0.481 e. The molecule has 1 aliphatic rings. The first kappa shape index (κ1) is 26.3. The summed E-state index contributed by atoms with van der Waals surface area (Å²) in [6.45, 7) is 1.96. The zero-order chi connectivity index (χ0) is 26.4. The number of aromatic nitrogens is 3. The Balaban J connectivity index is 1.78. The number of halogens is 2. The number of nitriles is 1. The van der Waals surface area contributed by atoms with Crippen LogP contribution in [0.3, 0.4) is 0 Å². The van der Waals surface area contributed by atoms with E-state index in [1.165, 1.54) is 29.5 Å². The van der Waals surface area contributed by atoms with E-state index in [9.17, 15) is 9.18 Å². The van der Waals surface area contributed by atoms with Crippen molar-refractivity contribution in [1.29, 1.82) is 5.26 Å². The molecular formula is C26H25F2N5O3S. The zero-order valence-corrected chi connectivity index (χ0v) is 20.9. The zero-order valence-electron chi connectivity index (χ0n) is 20.1. The standard InChI is InChI=1S/C26H25F2N5O3S/c1-18(33-17-37-13-24(33)20-6-4-19(12-29)5-7-20)26(14-32-16-30-15-31-32,36-10-2-3-25(34)35)22-9-8-21(27)11-23(22)28/h4-9,11,13,15-16,18H,2-3,10,14,17H2,1H3,(H,34,35)/t18-,26+/m0/s1. The average Bonchev–Trinajstić information content (AvgIpc) is 3.58. The molecular weight excluding hydrogens is 500 g/mol. The predicted molar refractivity (Wildman–Crippen MR) is 134 cm³/mol. The molecule has 1 N–H and O–H groups in total. The second kappa shape index (κ2) is 11.5. The van der Waals surface area contributed by atoms with Crippen molar-refractivity contribution < 1.29 is 23.4 Å². The van der Waals surface area contributed by atoms with Gasteiger partial charge in [0.25, 0.3) is 0 Å². The van der Waals surface area contributed by atoms with E-state index in [0.717, 1.165) is 17.3 Å². The number of carboxylic acid groups (broad SMARTS) is 1. The molecule has 8 nitrogen and oxygen atoms in total. The molecule has 0 aliphatic carbocycles. The first-order valence-electron chi connectivity index (χ1n) is 11.6. The highest BCUT2D eigenvalue weighted by molar-refractivity contribution is 8.02. The lowest BCUT2D eigenvalue weighted by Gasteiger charge is -2.45. The van der Waals surface area contributed by atoms with Gasteiger partial charge in [-0.05, 0) is 42.5 Å². The van der Waals surface area contributed by atoms with Crippen molar-refractivity contribution >= 4 is 23.4 Å². The molecule has 0 saturated heterocycles. The Labute approximate surface area is 217 Å². The molecule has 192 valence electrons. The predicted octanol–water partition coefficient (Wildman–Crippen LogP) is 4.60. The number of rotatable bonds is 11. The molecule has 0 radical (unpaired) electrons. The van der Waals surface area contributed by atoms with Crippen LogP contribution in [0.5, 0.6) is 0 Å². The highest BCUT2D eigenvalue weighted by atomic mass is 32.2. The number of hydrogen-bond donors (Lipinski definition) is 1. The molecule has 3 aromatic rings. The summed E-state index contributed by atoms with van der Waals surface area (Å²) in [6.07, 6.45) is 2.93. The van der Waals surface area contributed by atoms with Crippen molar-refractivity contribution in [2.24, 2.45) is 0 Å². The smallest absolute Gasteiger partial charge is 0.303 e. The van der Waals surface area contributed by atoms with Gasteiger partial charge in [0.15, 0.2) is 0 Å². The van der Waals surface area contributed by atoms with Crippen LogP contribution in [0.2, 0.25) is 0 Å². The monoisotopic (exact) mass is 525 g/mol. The quantitative estimate of drug-likeness (QED) is 0.362. The minimum atomic E-state index is -1.39. The molecule has 37 heavy (non-hydrogen) atoms. The minimum Gasteiger partial charge on any atom is -0.481 e. The summed E-state index contributed by atoms with van der Waals surface area (Å²) in [5, 5.41) is 24.5. The van der Waals surface area contributed by atoms with Crippen LogP contribution in [0.25, 0.3) is 5.70 Å². The van der Waals surface area contributed by atoms with Gasteiger partial charge in [0.2, 0.25) is 0 Å². The number of hydrogen-bond acceptors (Lipinski definition) is 7. The first-order chi connectivity index (χ1) is 17.8. The molecule has 0 saturated carbocycles. The van der Waals surface area contributed by atoms with Crippen molar-refractivity contribution in [2.45, 2.75) is 38.0 Å². The Morgan fingerprint density at radius 1 is 1.30 bits per heavy atom. The van der Waals surface area contributed by atoms with Crippen LogP contribution in [0.15, 0.2) is 60.5 Å². The van der Waals surface area contributed by atoms with Crippen LogP contribution in [0.4, 0.5) is 8.78 Å². The molecule has 0 bridgehead atoms. The number of nitrogens with zero attached hydrogens (tertiary/aromatic N) is 5. The van der Waals surface area contributed by atoms with Crippen LogP contribution in [-0.4, -0.2) is 49.3 Å². The van der Waals surface area contributed by atoms with E-state index < -0.39 is 29.2 Å². The topological polar surface area (TPSA) is 104 Å². The van der Waals surface area contributed by atoms with Gasteiger partial charge < -0.3 is 14.7 Å². The third kappa shape index (κ3) is 5.81. The van der Waals surface area contributed by atoms with Gasteiger partial charge >= 0.3 is 5.97 Å². The fourth-order valence-electron chi connectivity index (χ4n) is 4.41. The van der Waals surface area contributed by atoms with Gasteiger partial charge in [0, 0.05) is 24.7 Å². The van der Waals surface area contributed by atoms with E-state index in [1.54, 1.807) is 23.9 Å². The van der Waals surface area contributed by atoms with E-state index in [0.29, 0.717) is 11.4 Å². The van der Waals surface area contributed by atoms with Gasteiger partial charge in [-0.3, -0.25) is 4.79 Å². The van der Waals surface area contributed by atoms with Crippen molar-refractivity contribution in [3.8, 4) is 6.07 Å². The van der Waals surface area contributed by atoms with E-state index in [-0.39, 0.29) is 31.6 Å². The Morgan fingerprint density at radius 2 is 2.08 bits per heavy atom. The molecule has 1 aliphatic heterocycles. The number of thioether (sulfide) groups is 1. The maximum Gasteiger partial charge on any atom is 0.303 e. The van der Waals surface area contributed by atoms with Crippen molar-refractivity contribution in [3.05, 3.63) is 88.9 Å². The summed E-state index contributed by atoms with van der Waals surface area (Å²) in [5.41, 5.74) is 1.01. The molecule has 0 unspecified atom stereocenters. The molecule has 11 heteroatoms. The average molecular weight is 526 g/mol. The van der Waals surface area contributed by atoms with Crippen molar-refractivity contribution in [1.82, 2.24) is 19.7 Å².